The van der Waals surface area contributed by atoms with Gasteiger partial charge < -0.3 is 15.2 Å². The number of aromatic hydroxyl groups is 1. The molecule has 1 spiro atoms. The molecule has 0 radical (unpaired) electrons. The van der Waals surface area contributed by atoms with Gasteiger partial charge in [-0.2, -0.15) is 0 Å². The van der Waals surface area contributed by atoms with E-state index in [1.54, 1.807) is 6.92 Å². The first-order chi connectivity index (χ1) is 16.0. The highest BCUT2D eigenvalue weighted by Crippen LogP contribution is 2.66. The number of ether oxygens (including phenoxy) is 1. The number of benzene rings is 1. The molecule has 2 bridgehead atoms. The van der Waals surface area contributed by atoms with Crippen molar-refractivity contribution in [2.75, 3.05) is 26.2 Å². The Morgan fingerprint density at radius 3 is 2.73 bits per heavy atom. The molecule has 4 fully saturated rings. The van der Waals surface area contributed by atoms with Gasteiger partial charge in [0.1, 0.15) is 6.10 Å². The lowest BCUT2D eigenvalue weighted by atomic mass is 9.46. The first-order valence-electron chi connectivity index (χ1n) is 13.3. The maximum absolute atomic E-state index is 12.8. The van der Waals surface area contributed by atoms with Crippen LogP contribution in [0.2, 0.25) is 0 Å². The number of hydrogen-bond donors (Lipinski definition) is 2. The van der Waals surface area contributed by atoms with Crippen LogP contribution in [0.1, 0.15) is 69.4 Å². The molecule has 178 valence electrons. The van der Waals surface area contributed by atoms with Gasteiger partial charge in [-0.05, 0) is 88.5 Å². The highest BCUT2D eigenvalue weighted by molar-refractivity contribution is 5.76. The number of piperidine rings is 2. The lowest BCUT2D eigenvalue weighted by molar-refractivity contribution is -0.141. The number of amides is 1. The molecule has 6 nitrogen and oxygen atoms in total. The third-order valence-corrected chi connectivity index (χ3v) is 10.0. The molecule has 2 saturated carbocycles. The Balaban J connectivity index is 1.41. The Morgan fingerprint density at radius 2 is 1.97 bits per heavy atom. The molecular formula is C27H37N3O3. The number of hydrogen-bond acceptors (Lipinski definition) is 5. The second-order valence-electron chi connectivity index (χ2n) is 11.7. The first kappa shape index (κ1) is 20.6. The van der Waals surface area contributed by atoms with E-state index in [1.807, 2.05) is 6.07 Å². The lowest BCUT2D eigenvalue weighted by Gasteiger charge is -2.67. The fraction of sp³-hybridized carbons (Fsp3) is 0.741. The minimum Gasteiger partial charge on any atom is -0.504 e. The quantitative estimate of drug-likeness (QED) is 0.737. The first-order valence-corrected chi connectivity index (χ1v) is 13.3. The number of carbonyl (C=O) groups is 1. The van der Waals surface area contributed by atoms with E-state index >= 15 is 0 Å². The second kappa shape index (κ2) is 7.11. The van der Waals surface area contributed by atoms with E-state index in [9.17, 15) is 9.90 Å². The molecule has 0 aromatic heterocycles. The van der Waals surface area contributed by atoms with Crippen molar-refractivity contribution in [1.29, 1.82) is 0 Å². The van der Waals surface area contributed by atoms with Gasteiger partial charge >= 0.3 is 0 Å². The smallest absolute Gasteiger partial charge is 0.217 e. The highest BCUT2D eigenvalue weighted by Gasteiger charge is 2.74. The maximum atomic E-state index is 12.8. The molecule has 1 aromatic carbocycles. The normalized spacial score (nSPS) is 39.6. The molecule has 3 aliphatic carbocycles. The third-order valence-electron chi connectivity index (χ3n) is 10.0. The predicted molar refractivity (Wildman–Crippen MR) is 126 cm³/mol. The van der Waals surface area contributed by atoms with Crippen molar-refractivity contribution in [1.82, 2.24) is 15.1 Å². The van der Waals surface area contributed by atoms with Crippen LogP contribution in [0.3, 0.4) is 0 Å². The Hall–Kier alpha value is -1.79. The zero-order chi connectivity index (χ0) is 22.4. The topological polar surface area (TPSA) is 65.0 Å². The van der Waals surface area contributed by atoms with Crippen LogP contribution >= 0.6 is 0 Å². The molecule has 2 saturated heterocycles. The van der Waals surface area contributed by atoms with Gasteiger partial charge in [0.15, 0.2) is 11.5 Å². The zero-order valence-corrected chi connectivity index (χ0v) is 19.8. The van der Waals surface area contributed by atoms with E-state index in [1.165, 1.54) is 43.2 Å². The average Bonchev–Trinajstić information content (AvgIpc) is 3.55. The van der Waals surface area contributed by atoms with Gasteiger partial charge in [0.2, 0.25) is 5.91 Å². The van der Waals surface area contributed by atoms with Gasteiger partial charge in [0.05, 0.1) is 11.0 Å². The number of carbonyl (C=O) groups excluding carboxylic acids is 1. The van der Waals surface area contributed by atoms with Crippen molar-refractivity contribution >= 4 is 5.91 Å². The zero-order valence-electron chi connectivity index (χ0n) is 19.8. The van der Waals surface area contributed by atoms with Gasteiger partial charge in [-0.15, -0.1) is 0 Å². The predicted octanol–water partition coefficient (Wildman–Crippen LogP) is 2.95. The monoisotopic (exact) mass is 451 g/mol. The Bertz CT molecular complexity index is 987. The summed E-state index contributed by atoms with van der Waals surface area (Å²) in [6.07, 6.45) is 10.5. The van der Waals surface area contributed by atoms with Gasteiger partial charge in [0, 0.05) is 31.1 Å². The second-order valence-corrected chi connectivity index (χ2v) is 11.7. The molecule has 5 atom stereocenters. The molecule has 6 heteroatoms. The van der Waals surface area contributed by atoms with Crippen LogP contribution in [-0.4, -0.2) is 70.7 Å². The van der Waals surface area contributed by atoms with Crippen molar-refractivity contribution in [3.63, 3.8) is 0 Å². The fourth-order valence-corrected chi connectivity index (χ4v) is 8.69. The molecule has 1 amide bonds. The largest absolute Gasteiger partial charge is 0.504 e. The number of phenolic OH excluding ortho intramolecular Hbond substituents is 1. The summed E-state index contributed by atoms with van der Waals surface area (Å²) in [5.74, 6) is 1.88. The van der Waals surface area contributed by atoms with Crippen molar-refractivity contribution in [2.45, 2.75) is 93.9 Å². The number of likely N-dealkylation sites (tertiary alicyclic amines) is 2. The summed E-state index contributed by atoms with van der Waals surface area (Å²) in [5, 5.41) is 14.5. The van der Waals surface area contributed by atoms with Gasteiger partial charge in [-0.25, -0.2) is 0 Å². The van der Waals surface area contributed by atoms with Crippen LogP contribution in [0.15, 0.2) is 12.1 Å². The van der Waals surface area contributed by atoms with E-state index in [0.717, 1.165) is 57.8 Å². The average molecular weight is 452 g/mol. The summed E-state index contributed by atoms with van der Waals surface area (Å²) < 4.78 is 6.85. The van der Waals surface area contributed by atoms with Crippen LogP contribution in [0.25, 0.3) is 0 Å². The summed E-state index contributed by atoms with van der Waals surface area (Å²) in [6, 6.07) is 4.62. The van der Waals surface area contributed by atoms with E-state index in [4.69, 9.17) is 4.74 Å². The Kier molecular flexibility index (Phi) is 4.43. The Labute approximate surface area is 196 Å². The lowest BCUT2D eigenvalue weighted by Crippen LogP contribution is -2.83. The number of phenols is 1. The van der Waals surface area contributed by atoms with Crippen molar-refractivity contribution in [3.8, 4) is 11.5 Å². The van der Waals surface area contributed by atoms with Crippen LogP contribution in [-0.2, 0) is 16.6 Å². The van der Waals surface area contributed by atoms with Crippen molar-refractivity contribution in [3.05, 3.63) is 23.3 Å². The molecule has 7 rings (SSSR count). The van der Waals surface area contributed by atoms with Crippen molar-refractivity contribution < 1.29 is 14.6 Å². The van der Waals surface area contributed by atoms with Crippen LogP contribution in [0.5, 0.6) is 11.5 Å². The Morgan fingerprint density at radius 1 is 1.15 bits per heavy atom. The number of rotatable bonds is 4. The molecular weight excluding hydrogens is 414 g/mol. The number of nitrogens with one attached hydrogen (secondary N) is 1. The molecule has 3 heterocycles. The summed E-state index contributed by atoms with van der Waals surface area (Å²) in [4.78, 5) is 18.2. The number of nitrogens with zero attached hydrogens (tertiary/aromatic N) is 2. The highest BCUT2D eigenvalue weighted by atomic mass is 16.5. The molecule has 1 aromatic rings. The van der Waals surface area contributed by atoms with Crippen molar-refractivity contribution in [2.24, 2.45) is 5.92 Å². The van der Waals surface area contributed by atoms with Gasteiger partial charge in [-0.1, -0.05) is 12.5 Å². The van der Waals surface area contributed by atoms with E-state index in [0.29, 0.717) is 17.8 Å². The summed E-state index contributed by atoms with van der Waals surface area (Å²) in [7, 11) is 0. The standard InChI is InChI=1S/C27H37N3O3/c1-17(31)28-27-10-9-20(29-12-3-2-4-13-29)25-26(27)11-14-30(16-18-5-6-18)22(27)15-19-7-8-21(32)24(33-25)23(19)26/h7-8,18,20,22,25,32H,2-6,9-16H2,1H3,(H,28,31)/t20?,22-,25?,26+,27-/m1/s1. The summed E-state index contributed by atoms with van der Waals surface area (Å²) >= 11 is 0. The van der Waals surface area contributed by atoms with E-state index < -0.39 is 0 Å². The van der Waals surface area contributed by atoms with Gasteiger partial charge in [0.25, 0.3) is 0 Å². The van der Waals surface area contributed by atoms with Crippen LogP contribution in [0, 0.1) is 5.92 Å². The molecule has 2 N–H and O–H groups in total. The SMILES string of the molecule is CC(=O)N[C@@]12CCC(N3CCCCC3)C3Oc4c(O)ccc5c4[C@@]31CCN(CC1CC1)[C@@H]2C5. The fourth-order valence-electron chi connectivity index (χ4n) is 8.69. The molecule has 6 aliphatic rings. The van der Waals surface area contributed by atoms with E-state index in [-0.39, 0.29) is 28.7 Å². The van der Waals surface area contributed by atoms with Crippen LogP contribution < -0.4 is 10.1 Å². The minimum atomic E-state index is -0.324. The molecule has 3 aliphatic heterocycles. The van der Waals surface area contributed by atoms with Gasteiger partial charge in [-0.3, -0.25) is 14.6 Å². The minimum absolute atomic E-state index is 0.0101. The molecule has 33 heavy (non-hydrogen) atoms. The van der Waals surface area contributed by atoms with E-state index in [2.05, 4.69) is 21.2 Å². The maximum Gasteiger partial charge on any atom is 0.217 e. The summed E-state index contributed by atoms with van der Waals surface area (Å²) in [6.45, 7) is 6.18. The molecule has 2 unspecified atom stereocenters. The van der Waals surface area contributed by atoms with Crippen LogP contribution in [0.4, 0.5) is 0 Å². The summed E-state index contributed by atoms with van der Waals surface area (Å²) in [5.41, 5.74) is 1.97. The third kappa shape index (κ3) is 2.71.